The first-order valence-corrected chi connectivity index (χ1v) is 7.71. The van der Waals surface area contributed by atoms with Gasteiger partial charge in [0.1, 0.15) is 0 Å². The lowest BCUT2D eigenvalue weighted by atomic mass is 10.3. The molecular weight excluding hydrogens is 400 g/mol. The highest BCUT2D eigenvalue weighted by Gasteiger charge is 2.11. The van der Waals surface area contributed by atoms with E-state index in [1.54, 1.807) is 12.1 Å². The van der Waals surface area contributed by atoms with Gasteiger partial charge in [-0.15, -0.1) is 0 Å². The predicted molar refractivity (Wildman–Crippen MR) is 89.7 cm³/mol. The van der Waals surface area contributed by atoms with Crippen LogP contribution in [0.1, 0.15) is 0 Å². The van der Waals surface area contributed by atoms with E-state index >= 15 is 0 Å². The number of benzene rings is 2. The second-order valence-corrected chi connectivity index (χ2v) is 6.21. The number of hydrogen-bond acceptors (Lipinski definition) is 2. The number of anilines is 1. The van der Waals surface area contributed by atoms with Gasteiger partial charge >= 0.3 is 0 Å². The molecule has 0 bridgehead atoms. The van der Waals surface area contributed by atoms with Crippen LogP contribution in [0.5, 0.6) is 5.75 Å². The molecule has 0 heterocycles. The Kier molecular flexibility index (Phi) is 5.76. The topological polar surface area (TPSA) is 38.3 Å². The molecule has 1 amide bonds. The SMILES string of the molecule is O=C(COc1c(Cl)cc(Cl)cc1Cl)Nc1cccc(Br)c1. The number of nitrogens with one attached hydrogen (secondary N) is 1. The van der Waals surface area contributed by atoms with Crippen LogP contribution < -0.4 is 10.1 Å². The second-order valence-electron chi connectivity index (χ2n) is 4.05. The molecule has 2 aromatic rings. The third kappa shape index (κ3) is 4.78. The second kappa shape index (κ2) is 7.36. The Hall–Kier alpha value is -0.940. The zero-order valence-corrected chi connectivity index (χ0v) is 14.4. The van der Waals surface area contributed by atoms with E-state index in [4.69, 9.17) is 39.5 Å². The Balaban J connectivity index is 1.99. The summed E-state index contributed by atoms with van der Waals surface area (Å²) in [6.45, 7) is -0.215. The Labute approximate surface area is 145 Å². The molecule has 2 aromatic carbocycles. The van der Waals surface area contributed by atoms with Gasteiger partial charge in [0.2, 0.25) is 0 Å². The van der Waals surface area contributed by atoms with E-state index in [-0.39, 0.29) is 28.3 Å². The number of rotatable bonds is 4. The van der Waals surface area contributed by atoms with Crippen LogP contribution in [0.4, 0.5) is 5.69 Å². The van der Waals surface area contributed by atoms with Crippen LogP contribution in [0.25, 0.3) is 0 Å². The van der Waals surface area contributed by atoms with E-state index in [2.05, 4.69) is 21.2 Å². The number of carbonyl (C=O) groups is 1. The normalized spacial score (nSPS) is 10.3. The van der Waals surface area contributed by atoms with Crippen LogP contribution in [0, 0.1) is 0 Å². The van der Waals surface area contributed by atoms with Gasteiger partial charge in [0.25, 0.3) is 5.91 Å². The third-order valence-electron chi connectivity index (χ3n) is 2.42. The van der Waals surface area contributed by atoms with Gasteiger partial charge in [0, 0.05) is 15.2 Å². The van der Waals surface area contributed by atoms with Crippen LogP contribution in [0.15, 0.2) is 40.9 Å². The maximum Gasteiger partial charge on any atom is 0.262 e. The standard InChI is InChI=1S/C14H9BrCl3NO2/c15-8-2-1-3-10(4-8)19-13(20)7-21-14-11(17)5-9(16)6-12(14)18/h1-6H,7H2,(H,19,20). The molecule has 0 aliphatic heterocycles. The minimum atomic E-state index is -0.324. The molecule has 7 heteroatoms. The van der Waals surface area contributed by atoms with Gasteiger partial charge in [0.15, 0.2) is 12.4 Å². The first-order valence-electron chi connectivity index (χ1n) is 5.78. The molecule has 0 aromatic heterocycles. The minimum absolute atomic E-state index is 0.215. The summed E-state index contributed by atoms with van der Waals surface area (Å²) >= 11 is 21.1. The average molecular weight is 409 g/mol. The van der Waals surface area contributed by atoms with E-state index < -0.39 is 0 Å². The Morgan fingerprint density at radius 1 is 1.14 bits per heavy atom. The van der Waals surface area contributed by atoms with E-state index in [1.807, 2.05) is 12.1 Å². The van der Waals surface area contributed by atoms with Crippen LogP contribution in [0.2, 0.25) is 15.1 Å². The Morgan fingerprint density at radius 2 is 1.81 bits per heavy atom. The summed E-state index contributed by atoms with van der Waals surface area (Å²) in [6.07, 6.45) is 0. The van der Waals surface area contributed by atoms with Gasteiger partial charge in [0.05, 0.1) is 10.0 Å². The van der Waals surface area contributed by atoms with Crippen molar-refractivity contribution in [3.05, 3.63) is 55.9 Å². The van der Waals surface area contributed by atoms with Crippen LogP contribution in [0.3, 0.4) is 0 Å². The predicted octanol–water partition coefficient (Wildman–Crippen LogP) is 5.43. The average Bonchev–Trinajstić information content (AvgIpc) is 2.37. The lowest BCUT2D eigenvalue weighted by Crippen LogP contribution is -2.20. The molecule has 2 rings (SSSR count). The van der Waals surface area contributed by atoms with Crippen molar-refractivity contribution in [2.75, 3.05) is 11.9 Å². The zero-order valence-electron chi connectivity index (χ0n) is 10.5. The lowest BCUT2D eigenvalue weighted by molar-refractivity contribution is -0.118. The van der Waals surface area contributed by atoms with Crippen molar-refractivity contribution in [1.29, 1.82) is 0 Å². The summed E-state index contributed by atoms with van der Waals surface area (Å²) in [6, 6.07) is 10.2. The highest BCUT2D eigenvalue weighted by atomic mass is 79.9. The Morgan fingerprint density at radius 3 is 2.43 bits per heavy atom. The molecule has 3 nitrogen and oxygen atoms in total. The lowest BCUT2D eigenvalue weighted by Gasteiger charge is -2.10. The van der Waals surface area contributed by atoms with Crippen molar-refractivity contribution in [3.63, 3.8) is 0 Å². The number of carbonyl (C=O) groups excluding carboxylic acids is 1. The summed E-state index contributed by atoms with van der Waals surface area (Å²) < 4.78 is 6.21. The van der Waals surface area contributed by atoms with Crippen LogP contribution in [-0.4, -0.2) is 12.5 Å². The number of halogens is 4. The fraction of sp³-hybridized carbons (Fsp3) is 0.0714. The van der Waals surface area contributed by atoms with E-state index in [1.165, 1.54) is 12.1 Å². The van der Waals surface area contributed by atoms with Gasteiger partial charge in [-0.3, -0.25) is 4.79 Å². The van der Waals surface area contributed by atoms with E-state index in [9.17, 15) is 4.79 Å². The third-order valence-corrected chi connectivity index (χ3v) is 3.69. The maximum absolute atomic E-state index is 11.8. The molecule has 0 aliphatic carbocycles. The first kappa shape index (κ1) is 16.4. The Bertz CT molecular complexity index is 656. The largest absolute Gasteiger partial charge is 0.481 e. The van der Waals surface area contributed by atoms with Gasteiger partial charge in [-0.25, -0.2) is 0 Å². The van der Waals surface area contributed by atoms with Crippen LogP contribution in [-0.2, 0) is 4.79 Å². The van der Waals surface area contributed by atoms with Gasteiger partial charge in [-0.05, 0) is 30.3 Å². The molecule has 0 spiro atoms. The number of ether oxygens (including phenoxy) is 1. The molecule has 0 atom stereocenters. The number of amides is 1. The highest BCUT2D eigenvalue weighted by Crippen LogP contribution is 2.35. The van der Waals surface area contributed by atoms with Crippen molar-refractivity contribution in [2.24, 2.45) is 0 Å². The zero-order chi connectivity index (χ0) is 15.4. The summed E-state index contributed by atoms with van der Waals surface area (Å²) in [5.41, 5.74) is 0.659. The number of hydrogen-bond donors (Lipinski definition) is 1. The van der Waals surface area contributed by atoms with Crippen molar-refractivity contribution in [2.45, 2.75) is 0 Å². The minimum Gasteiger partial charge on any atom is -0.481 e. The quantitative estimate of drug-likeness (QED) is 0.732. The van der Waals surface area contributed by atoms with Gasteiger partial charge in [-0.1, -0.05) is 56.8 Å². The smallest absolute Gasteiger partial charge is 0.262 e. The molecule has 0 radical (unpaired) electrons. The summed E-state index contributed by atoms with van der Waals surface area (Å²) in [5.74, 6) is -0.0951. The van der Waals surface area contributed by atoms with E-state index in [0.717, 1.165) is 4.47 Å². The summed E-state index contributed by atoms with van der Waals surface area (Å²) in [5, 5.41) is 3.60. The molecule has 0 unspecified atom stereocenters. The molecule has 1 N–H and O–H groups in total. The molecule has 110 valence electrons. The molecule has 0 fully saturated rings. The summed E-state index contributed by atoms with van der Waals surface area (Å²) in [4.78, 5) is 11.8. The first-order chi connectivity index (χ1) is 9.95. The fourth-order valence-electron chi connectivity index (χ4n) is 1.57. The summed E-state index contributed by atoms with van der Waals surface area (Å²) in [7, 11) is 0. The highest BCUT2D eigenvalue weighted by molar-refractivity contribution is 9.10. The molecular formula is C14H9BrCl3NO2. The van der Waals surface area contributed by atoms with E-state index in [0.29, 0.717) is 10.7 Å². The maximum atomic E-state index is 11.8. The molecule has 0 saturated heterocycles. The van der Waals surface area contributed by atoms with Crippen molar-refractivity contribution < 1.29 is 9.53 Å². The molecule has 21 heavy (non-hydrogen) atoms. The monoisotopic (exact) mass is 407 g/mol. The van der Waals surface area contributed by atoms with Crippen molar-refractivity contribution in [1.82, 2.24) is 0 Å². The van der Waals surface area contributed by atoms with Gasteiger partial charge < -0.3 is 10.1 Å². The van der Waals surface area contributed by atoms with Crippen molar-refractivity contribution in [3.8, 4) is 5.75 Å². The molecule has 0 aliphatic rings. The van der Waals surface area contributed by atoms with Gasteiger partial charge in [-0.2, -0.15) is 0 Å². The fourth-order valence-corrected chi connectivity index (χ4v) is 2.89. The molecule has 0 saturated carbocycles. The van der Waals surface area contributed by atoms with Crippen LogP contribution >= 0.6 is 50.7 Å². The van der Waals surface area contributed by atoms with Crippen molar-refractivity contribution >= 4 is 62.3 Å².